The molecule has 2 unspecified atom stereocenters. The maximum absolute atomic E-state index is 12.4. The summed E-state index contributed by atoms with van der Waals surface area (Å²) in [7, 11) is 3.79. The monoisotopic (exact) mass is 282 g/mol. The van der Waals surface area contributed by atoms with E-state index in [2.05, 4.69) is 12.2 Å². The predicted octanol–water partition coefficient (Wildman–Crippen LogP) is -0.783. The quantitative estimate of drug-likeness (QED) is 0.737. The van der Waals surface area contributed by atoms with Gasteiger partial charge in [-0.1, -0.05) is 0 Å². The third-order valence-electron chi connectivity index (χ3n) is 4.24. The Kier molecular flexibility index (Phi) is 4.99. The summed E-state index contributed by atoms with van der Waals surface area (Å²) in [5, 5.41) is 3.32. The Bertz CT molecular complexity index is 364. The van der Waals surface area contributed by atoms with Gasteiger partial charge in [0.2, 0.25) is 11.8 Å². The van der Waals surface area contributed by atoms with Crippen molar-refractivity contribution in [3.8, 4) is 0 Å². The van der Waals surface area contributed by atoms with Crippen molar-refractivity contribution in [3.05, 3.63) is 0 Å². The third-order valence-corrected chi connectivity index (χ3v) is 4.24. The second-order valence-electron chi connectivity index (χ2n) is 6.08. The van der Waals surface area contributed by atoms with E-state index in [-0.39, 0.29) is 23.8 Å². The van der Waals surface area contributed by atoms with Crippen LogP contribution in [0.2, 0.25) is 0 Å². The Balaban J connectivity index is 1.82. The van der Waals surface area contributed by atoms with E-state index in [4.69, 9.17) is 0 Å². The number of rotatable bonds is 3. The van der Waals surface area contributed by atoms with E-state index in [0.717, 1.165) is 13.0 Å². The first-order valence-electron chi connectivity index (χ1n) is 7.43. The van der Waals surface area contributed by atoms with E-state index >= 15 is 0 Å². The number of carbonyl (C=O) groups is 2. The minimum absolute atomic E-state index is 0.110. The summed E-state index contributed by atoms with van der Waals surface area (Å²) in [6.07, 6.45) is 0.930. The van der Waals surface area contributed by atoms with Gasteiger partial charge in [-0.05, 0) is 34.0 Å². The van der Waals surface area contributed by atoms with Gasteiger partial charge in [-0.15, -0.1) is 0 Å². The molecule has 2 saturated heterocycles. The zero-order valence-electron chi connectivity index (χ0n) is 12.8. The topological polar surface area (TPSA) is 55.9 Å². The van der Waals surface area contributed by atoms with Crippen molar-refractivity contribution in [1.82, 2.24) is 20.0 Å². The summed E-state index contributed by atoms with van der Waals surface area (Å²) in [6, 6.07) is 0.274. The van der Waals surface area contributed by atoms with Gasteiger partial charge in [0.25, 0.3) is 0 Å². The number of amides is 2. The van der Waals surface area contributed by atoms with Crippen molar-refractivity contribution >= 4 is 11.8 Å². The Morgan fingerprint density at radius 3 is 2.25 bits per heavy atom. The van der Waals surface area contributed by atoms with Crippen LogP contribution in [0.4, 0.5) is 0 Å². The standard InChI is InChI=1S/C14H26N4O2/c1-11-12(4-5-15-11)14(20)18-8-6-17(7-9-18)13(19)10-16(2)3/h11-12,15H,4-10H2,1-3H3. The molecule has 0 aromatic rings. The smallest absolute Gasteiger partial charge is 0.236 e. The van der Waals surface area contributed by atoms with Crippen LogP contribution in [0.25, 0.3) is 0 Å². The highest BCUT2D eigenvalue weighted by Gasteiger charge is 2.34. The number of hydrogen-bond acceptors (Lipinski definition) is 4. The highest BCUT2D eigenvalue weighted by molar-refractivity contribution is 5.81. The van der Waals surface area contributed by atoms with Gasteiger partial charge in [0.15, 0.2) is 0 Å². The number of carbonyl (C=O) groups excluding carboxylic acids is 2. The average Bonchev–Trinajstić information content (AvgIpc) is 2.83. The lowest BCUT2D eigenvalue weighted by atomic mass is 10.00. The Labute approximate surface area is 121 Å². The van der Waals surface area contributed by atoms with Crippen LogP contribution in [-0.2, 0) is 9.59 Å². The second-order valence-corrected chi connectivity index (χ2v) is 6.08. The predicted molar refractivity (Wildman–Crippen MR) is 77.3 cm³/mol. The molecule has 2 amide bonds. The summed E-state index contributed by atoms with van der Waals surface area (Å²) in [5.41, 5.74) is 0. The summed E-state index contributed by atoms with van der Waals surface area (Å²) < 4.78 is 0. The van der Waals surface area contributed by atoms with Crippen molar-refractivity contribution in [1.29, 1.82) is 0 Å². The largest absolute Gasteiger partial charge is 0.339 e. The van der Waals surface area contributed by atoms with E-state index < -0.39 is 0 Å². The molecule has 0 aliphatic carbocycles. The van der Waals surface area contributed by atoms with Gasteiger partial charge in [0.1, 0.15) is 0 Å². The number of nitrogens with zero attached hydrogens (tertiary/aromatic N) is 3. The number of likely N-dealkylation sites (N-methyl/N-ethyl adjacent to an activating group) is 1. The molecule has 6 nitrogen and oxygen atoms in total. The molecule has 2 aliphatic rings. The summed E-state index contributed by atoms with van der Waals surface area (Å²) >= 11 is 0. The van der Waals surface area contributed by atoms with Gasteiger partial charge in [-0.2, -0.15) is 0 Å². The molecule has 2 heterocycles. The molecular formula is C14H26N4O2. The summed E-state index contributed by atoms with van der Waals surface area (Å²) in [5.74, 6) is 0.513. The van der Waals surface area contributed by atoms with E-state index in [1.165, 1.54) is 0 Å². The maximum atomic E-state index is 12.4. The minimum Gasteiger partial charge on any atom is -0.339 e. The zero-order chi connectivity index (χ0) is 14.7. The van der Waals surface area contributed by atoms with Crippen molar-refractivity contribution in [3.63, 3.8) is 0 Å². The molecule has 2 atom stereocenters. The highest BCUT2D eigenvalue weighted by atomic mass is 16.2. The molecule has 2 fully saturated rings. The van der Waals surface area contributed by atoms with E-state index in [9.17, 15) is 9.59 Å². The average molecular weight is 282 g/mol. The maximum Gasteiger partial charge on any atom is 0.236 e. The molecule has 0 radical (unpaired) electrons. The number of hydrogen-bond donors (Lipinski definition) is 1. The van der Waals surface area contributed by atoms with Crippen LogP contribution < -0.4 is 5.32 Å². The van der Waals surface area contributed by atoms with Crippen LogP contribution in [0.1, 0.15) is 13.3 Å². The number of piperazine rings is 1. The Hall–Kier alpha value is -1.14. The lowest BCUT2D eigenvalue weighted by molar-refractivity contribution is -0.142. The van der Waals surface area contributed by atoms with Crippen LogP contribution >= 0.6 is 0 Å². The third kappa shape index (κ3) is 3.49. The fourth-order valence-corrected chi connectivity index (χ4v) is 2.98. The van der Waals surface area contributed by atoms with Crippen molar-refractivity contribution in [2.24, 2.45) is 5.92 Å². The summed E-state index contributed by atoms with van der Waals surface area (Å²) in [4.78, 5) is 30.1. The molecule has 2 rings (SSSR count). The fraction of sp³-hybridized carbons (Fsp3) is 0.857. The molecular weight excluding hydrogens is 256 g/mol. The van der Waals surface area contributed by atoms with E-state index in [0.29, 0.717) is 32.7 Å². The molecule has 0 aromatic carbocycles. The first-order valence-corrected chi connectivity index (χ1v) is 7.43. The van der Waals surface area contributed by atoms with Gasteiger partial charge in [0.05, 0.1) is 12.5 Å². The highest BCUT2D eigenvalue weighted by Crippen LogP contribution is 2.19. The molecule has 0 spiro atoms. The lowest BCUT2D eigenvalue weighted by Crippen LogP contribution is -2.54. The van der Waals surface area contributed by atoms with Gasteiger partial charge in [-0.25, -0.2) is 0 Å². The normalized spacial score (nSPS) is 27.2. The van der Waals surface area contributed by atoms with E-state index in [1.54, 1.807) is 0 Å². The first-order chi connectivity index (χ1) is 9.49. The van der Waals surface area contributed by atoms with Gasteiger partial charge >= 0.3 is 0 Å². The van der Waals surface area contributed by atoms with Crippen molar-refractivity contribution in [2.45, 2.75) is 19.4 Å². The van der Waals surface area contributed by atoms with Crippen molar-refractivity contribution < 1.29 is 9.59 Å². The van der Waals surface area contributed by atoms with E-state index in [1.807, 2.05) is 28.8 Å². The van der Waals surface area contributed by atoms with Crippen LogP contribution in [0, 0.1) is 5.92 Å². The molecule has 0 saturated carbocycles. The van der Waals surface area contributed by atoms with Crippen molar-refractivity contribution in [2.75, 3.05) is 53.4 Å². The molecule has 1 N–H and O–H groups in total. The molecule has 0 bridgehead atoms. The Morgan fingerprint density at radius 1 is 1.15 bits per heavy atom. The number of nitrogens with one attached hydrogen (secondary N) is 1. The SMILES string of the molecule is CC1NCCC1C(=O)N1CCN(C(=O)CN(C)C)CC1. The molecule has 0 aromatic heterocycles. The fourth-order valence-electron chi connectivity index (χ4n) is 2.98. The second kappa shape index (κ2) is 6.54. The van der Waals surface area contributed by atoms with Crippen LogP contribution in [0.5, 0.6) is 0 Å². The van der Waals surface area contributed by atoms with Crippen LogP contribution in [0.3, 0.4) is 0 Å². The minimum atomic E-state index is 0.110. The van der Waals surface area contributed by atoms with Gasteiger partial charge in [0, 0.05) is 32.2 Å². The van der Waals surface area contributed by atoms with Crippen LogP contribution in [-0.4, -0.2) is 85.9 Å². The first kappa shape index (κ1) is 15.3. The van der Waals surface area contributed by atoms with Gasteiger partial charge < -0.3 is 20.0 Å². The lowest BCUT2D eigenvalue weighted by Gasteiger charge is -2.36. The summed E-state index contributed by atoms with van der Waals surface area (Å²) in [6.45, 7) is 6.10. The van der Waals surface area contributed by atoms with Gasteiger partial charge in [-0.3, -0.25) is 9.59 Å². The molecule has 114 valence electrons. The molecule has 20 heavy (non-hydrogen) atoms. The van der Waals surface area contributed by atoms with Crippen LogP contribution in [0.15, 0.2) is 0 Å². The Morgan fingerprint density at radius 2 is 1.75 bits per heavy atom. The molecule has 2 aliphatic heterocycles. The zero-order valence-corrected chi connectivity index (χ0v) is 12.8. The molecule has 6 heteroatoms.